The van der Waals surface area contributed by atoms with Crippen LogP contribution in [0, 0.1) is 0 Å². The molecule has 0 saturated carbocycles. The number of carbonyl (C=O) groups is 1. The van der Waals surface area contributed by atoms with Gasteiger partial charge in [0.2, 0.25) is 0 Å². The van der Waals surface area contributed by atoms with Gasteiger partial charge < -0.3 is 14.5 Å². The Bertz CT molecular complexity index is 553. The highest BCUT2D eigenvalue weighted by molar-refractivity contribution is 5.69. The highest BCUT2D eigenvalue weighted by Gasteiger charge is 2.41. The van der Waals surface area contributed by atoms with E-state index in [1.807, 2.05) is 37.9 Å². The molecule has 3 rings (SSSR count). The number of fused-ring (bicyclic) bond motifs is 3. The van der Waals surface area contributed by atoms with Crippen molar-refractivity contribution in [2.75, 3.05) is 18.0 Å². The molecule has 1 saturated heterocycles. The summed E-state index contributed by atoms with van der Waals surface area (Å²) in [6.45, 7) is 9.24. The lowest BCUT2D eigenvalue weighted by molar-refractivity contribution is 0.0191. The second-order valence-corrected chi connectivity index (χ2v) is 6.99. The highest BCUT2D eigenvalue weighted by atomic mass is 16.6. The molecule has 0 unspecified atom stereocenters. The molecule has 0 bridgehead atoms. The number of aromatic nitrogens is 1. The van der Waals surface area contributed by atoms with E-state index in [1.54, 1.807) is 0 Å². The molecule has 1 fully saturated rings. The van der Waals surface area contributed by atoms with Crippen molar-refractivity contribution in [1.82, 2.24) is 9.88 Å². The molecular weight excluding hydrogens is 266 g/mol. The molecule has 114 valence electrons. The first-order valence-electron chi connectivity index (χ1n) is 7.55. The molecule has 1 aromatic heterocycles. The molecule has 2 aliphatic heterocycles. The smallest absolute Gasteiger partial charge is 0.410 e. The summed E-state index contributed by atoms with van der Waals surface area (Å²) in [5, 5.41) is 0. The van der Waals surface area contributed by atoms with Crippen molar-refractivity contribution in [1.29, 1.82) is 0 Å². The summed E-state index contributed by atoms with van der Waals surface area (Å²) < 4.78 is 5.50. The minimum atomic E-state index is -0.447. The molecule has 3 heterocycles. The summed E-state index contributed by atoms with van der Waals surface area (Å²) in [7, 11) is 0. The minimum Gasteiger partial charge on any atom is -0.444 e. The van der Waals surface area contributed by atoms with Gasteiger partial charge in [-0.05, 0) is 45.7 Å². The number of piperazine rings is 1. The summed E-state index contributed by atoms with van der Waals surface area (Å²) in [6, 6.07) is 4.68. The monoisotopic (exact) mass is 289 g/mol. The molecule has 0 aliphatic carbocycles. The maximum Gasteiger partial charge on any atom is 0.410 e. The van der Waals surface area contributed by atoms with Crippen molar-refractivity contribution in [3.8, 4) is 0 Å². The van der Waals surface area contributed by atoms with E-state index in [0.717, 1.165) is 12.2 Å². The normalized spacial score (nSPS) is 24.6. The topological polar surface area (TPSA) is 45.7 Å². The van der Waals surface area contributed by atoms with Crippen LogP contribution in [-0.2, 0) is 11.2 Å². The number of rotatable bonds is 0. The Morgan fingerprint density at radius 3 is 2.86 bits per heavy atom. The van der Waals surface area contributed by atoms with Crippen LogP contribution in [0.15, 0.2) is 18.3 Å². The Hall–Kier alpha value is -1.78. The number of ether oxygens (including phenoxy) is 1. The first kappa shape index (κ1) is 14.2. The second kappa shape index (κ2) is 4.90. The molecule has 5 heteroatoms. The average molecular weight is 289 g/mol. The fourth-order valence-electron chi connectivity index (χ4n) is 3.28. The Morgan fingerprint density at radius 1 is 1.38 bits per heavy atom. The first-order chi connectivity index (χ1) is 9.85. The molecule has 2 aliphatic rings. The summed E-state index contributed by atoms with van der Waals surface area (Å²) in [5.74, 6) is 1.08. The van der Waals surface area contributed by atoms with Crippen molar-refractivity contribution in [2.45, 2.75) is 51.8 Å². The number of nitrogens with zero attached hydrogens (tertiary/aromatic N) is 3. The maximum atomic E-state index is 12.3. The van der Waals surface area contributed by atoms with E-state index in [-0.39, 0.29) is 12.1 Å². The van der Waals surface area contributed by atoms with Crippen LogP contribution in [0.4, 0.5) is 10.6 Å². The molecule has 0 radical (unpaired) electrons. The van der Waals surface area contributed by atoms with E-state index in [2.05, 4.69) is 22.9 Å². The van der Waals surface area contributed by atoms with E-state index in [0.29, 0.717) is 19.1 Å². The van der Waals surface area contributed by atoms with Gasteiger partial charge in [-0.25, -0.2) is 9.78 Å². The van der Waals surface area contributed by atoms with Crippen LogP contribution in [-0.4, -0.2) is 46.8 Å². The number of hydrogen-bond donors (Lipinski definition) is 0. The Morgan fingerprint density at radius 2 is 2.14 bits per heavy atom. The van der Waals surface area contributed by atoms with Crippen LogP contribution in [0.2, 0.25) is 0 Å². The third kappa shape index (κ3) is 2.69. The first-order valence-corrected chi connectivity index (χ1v) is 7.55. The largest absolute Gasteiger partial charge is 0.444 e. The van der Waals surface area contributed by atoms with Crippen molar-refractivity contribution >= 4 is 11.9 Å². The van der Waals surface area contributed by atoms with Crippen molar-refractivity contribution in [2.24, 2.45) is 0 Å². The van der Waals surface area contributed by atoms with Gasteiger partial charge in [0, 0.05) is 25.3 Å². The Balaban J connectivity index is 1.75. The lowest BCUT2D eigenvalue weighted by Gasteiger charge is -2.43. The molecule has 5 nitrogen and oxygen atoms in total. The van der Waals surface area contributed by atoms with Gasteiger partial charge in [-0.15, -0.1) is 0 Å². The number of hydrogen-bond acceptors (Lipinski definition) is 4. The predicted molar refractivity (Wildman–Crippen MR) is 81.5 cm³/mol. The van der Waals surface area contributed by atoms with E-state index < -0.39 is 5.60 Å². The number of pyridine rings is 1. The molecule has 21 heavy (non-hydrogen) atoms. The molecule has 0 aromatic carbocycles. The summed E-state index contributed by atoms with van der Waals surface area (Å²) in [4.78, 5) is 21.0. The fourth-order valence-corrected chi connectivity index (χ4v) is 3.28. The number of carbonyl (C=O) groups excluding carboxylic acids is 1. The van der Waals surface area contributed by atoms with Gasteiger partial charge in [0.05, 0.1) is 6.04 Å². The number of amides is 1. The van der Waals surface area contributed by atoms with E-state index >= 15 is 0 Å². The lowest BCUT2D eigenvalue weighted by Crippen LogP contribution is -2.58. The molecule has 0 N–H and O–H groups in total. The van der Waals surface area contributed by atoms with Crippen LogP contribution in [0.1, 0.15) is 33.3 Å². The fraction of sp³-hybridized carbons (Fsp3) is 0.625. The summed E-state index contributed by atoms with van der Waals surface area (Å²) >= 11 is 0. The zero-order valence-corrected chi connectivity index (χ0v) is 13.2. The van der Waals surface area contributed by atoms with E-state index in [4.69, 9.17) is 4.74 Å². The summed E-state index contributed by atoms with van der Waals surface area (Å²) in [5.41, 5.74) is 0.831. The van der Waals surface area contributed by atoms with Gasteiger partial charge in [-0.1, -0.05) is 6.07 Å². The zero-order chi connectivity index (χ0) is 15.2. The van der Waals surface area contributed by atoms with Crippen molar-refractivity contribution in [3.63, 3.8) is 0 Å². The van der Waals surface area contributed by atoms with E-state index in [1.165, 1.54) is 5.56 Å². The quantitative estimate of drug-likeness (QED) is 0.736. The highest BCUT2D eigenvalue weighted by Crippen LogP contribution is 2.34. The Kier molecular flexibility index (Phi) is 3.30. The van der Waals surface area contributed by atoms with Gasteiger partial charge in [-0.3, -0.25) is 0 Å². The van der Waals surface area contributed by atoms with Gasteiger partial charge in [-0.2, -0.15) is 0 Å². The van der Waals surface area contributed by atoms with Crippen molar-refractivity contribution in [3.05, 3.63) is 23.9 Å². The van der Waals surface area contributed by atoms with Crippen LogP contribution < -0.4 is 4.90 Å². The van der Waals surface area contributed by atoms with Gasteiger partial charge in [0.25, 0.3) is 0 Å². The molecule has 1 amide bonds. The van der Waals surface area contributed by atoms with Crippen molar-refractivity contribution < 1.29 is 9.53 Å². The van der Waals surface area contributed by atoms with Gasteiger partial charge >= 0.3 is 6.09 Å². The molecular formula is C16H23N3O2. The molecule has 2 atom stereocenters. The maximum absolute atomic E-state index is 12.3. The lowest BCUT2D eigenvalue weighted by atomic mass is 10.1. The third-order valence-electron chi connectivity index (χ3n) is 4.00. The Labute approximate surface area is 125 Å². The summed E-state index contributed by atoms with van der Waals surface area (Å²) in [6.07, 6.45) is 2.58. The zero-order valence-electron chi connectivity index (χ0n) is 13.2. The second-order valence-electron chi connectivity index (χ2n) is 6.99. The third-order valence-corrected chi connectivity index (χ3v) is 4.00. The number of anilines is 1. The molecule has 0 spiro atoms. The molecule has 1 aromatic rings. The predicted octanol–water partition coefficient (Wildman–Crippen LogP) is 2.45. The van der Waals surface area contributed by atoms with Crippen LogP contribution in [0.25, 0.3) is 0 Å². The van der Waals surface area contributed by atoms with E-state index in [9.17, 15) is 4.79 Å². The SMILES string of the molecule is C[C@@H]1CN(C(=O)OC(C)(C)C)C[C@H]2Cc3cccnc3N21. The van der Waals surface area contributed by atoms with Crippen LogP contribution in [0.3, 0.4) is 0 Å². The minimum absolute atomic E-state index is 0.210. The van der Waals surface area contributed by atoms with Gasteiger partial charge in [0.15, 0.2) is 0 Å². The average Bonchev–Trinajstić information content (AvgIpc) is 2.75. The van der Waals surface area contributed by atoms with Gasteiger partial charge in [0.1, 0.15) is 11.4 Å². The van der Waals surface area contributed by atoms with Crippen LogP contribution >= 0.6 is 0 Å². The standard InChI is InChI=1S/C16H23N3O2/c1-11-9-18(15(20)21-16(2,3)4)10-13-8-12-6-5-7-17-14(12)19(11)13/h5-7,11,13H,8-10H2,1-4H3/t11-,13-/m1/s1. The van der Waals surface area contributed by atoms with Crippen LogP contribution in [0.5, 0.6) is 0 Å².